The van der Waals surface area contributed by atoms with Crippen LogP contribution >= 0.6 is 0 Å². The first-order valence-electron chi connectivity index (χ1n) is 11.5. The third-order valence-corrected chi connectivity index (χ3v) is 6.29. The summed E-state index contributed by atoms with van der Waals surface area (Å²) in [5.41, 5.74) is 2.21. The van der Waals surface area contributed by atoms with Gasteiger partial charge in [-0.15, -0.1) is 6.58 Å². The maximum atomic E-state index is 13.1. The highest BCUT2D eigenvalue weighted by Crippen LogP contribution is 2.27. The summed E-state index contributed by atoms with van der Waals surface area (Å²) < 4.78 is 11.3. The van der Waals surface area contributed by atoms with Gasteiger partial charge in [-0.2, -0.15) is 0 Å². The lowest BCUT2D eigenvalue weighted by Crippen LogP contribution is -2.38. The molecule has 1 unspecified atom stereocenters. The van der Waals surface area contributed by atoms with Gasteiger partial charge in [0.05, 0.1) is 38.4 Å². The Kier molecular flexibility index (Phi) is 7.07. The number of H-pyrrole nitrogens is 1. The number of carbonyl (C=O) groups excluding carboxylic acids is 1. The molecule has 0 saturated carbocycles. The Bertz CT molecular complexity index is 918. The lowest BCUT2D eigenvalue weighted by molar-refractivity contribution is -0.331. The molecule has 31 heavy (non-hydrogen) atoms. The molecule has 2 aliphatic heterocycles. The van der Waals surface area contributed by atoms with Crippen molar-refractivity contribution in [2.75, 3.05) is 38.3 Å². The van der Waals surface area contributed by atoms with Crippen molar-refractivity contribution in [3.63, 3.8) is 0 Å². The van der Waals surface area contributed by atoms with Crippen LogP contribution in [-0.2, 0) is 16.1 Å². The minimum absolute atomic E-state index is 0.136. The van der Waals surface area contributed by atoms with Crippen LogP contribution in [0, 0.1) is 0 Å². The fraction of sp³-hybridized carbons (Fsp3) is 0.520. The van der Waals surface area contributed by atoms with Crippen LogP contribution in [0.4, 0.5) is 5.82 Å². The Labute approximate surface area is 184 Å². The minimum atomic E-state index is 0.136. The van der Waals surface area contributed by atoms with Crippen molar-refractivity contribution < 1.29 is 19.3 Å². The van der Waals surface area contributed by atoms with Gasteiger partial charge in [0, 0.05) is 31.0 Å². The fourth-order valence-electron chi connectivity index (χ4n) is 4.58. The van der Waals surface area contributed by atoms with Crippen molar-refractivity contribution >= 4 is 22.6 Å². The molecule has 2 fully saturated rings. The molecule has 0 radical (unpaired) electrons. The summed E-state index contributed by atoms with van der Waals surface area (Å²) in [6, 6.07) is 8.32. The SMILES string of the molecule is C=CCCC(=O)N(Cc1cc2ccc(OC)cc2[nH+]c1N1CCCC1)CC1CCCO1. The molecule has 1 aromatic carbocycles. The molecule has 3 heterocycles. The first-order valence-corrected chi connectivity index (χ1v) is 11.5. The number of pyridine rings is 1. The van der Waals surface area contributed by atoms with Crippen LogP contribution in [0.15, 0.2) is 36.9 Å². The lowest BCUT2D eigenvalue weighted by Gasteiger charge is -2.26. The first-order chi connectivity index (χ1) is 15.2. The van der Waals surface area contributed by atoms with Gasteiger partial charge in [-0.1, -0.05) is 6.08 Å². The first kappa shape index (κ1) is 21.6. The summed E-state index contributed by atoms with van der Waals surface area (Å²) in [7, 11) is 1.69. The Hall–Kier alpha value is -2.60. The minimum Gasteiger partial charge on any atom is -0.497 e. The number of methoxy groups -OCH3 is 1. The largest absolute Gasteiger partial charge is 0.497 e. The molecule has 1 atom stereocenters. The van der Waals surface area contributed by atoms with E-state index in [-0.39, 0.29) is 12.0 Å². The molecule has 1 N–H and O–H groups in total. The second kappa shape index (κ2) is 10.1. The van der Waals surface area contributed by atoms with Gasteiger partial charge in [-0.05, 0) is 50.3 Å². The highest BCUT2D eigenvalue weighted by atomic mass is 16.5. The number of hydrogen-bond acceptors (Lipinski definition) is 4. The smallest absolute Gasteiger partial charge is 0.279 e. The summed E-state index contributed by atoms with van der Waals surface area (Å²) in [6.07, 6.45) is 7.62. The standard InChI is InChI=1S/C25H33N3O3/c1-3-4-9-24(29)28(18-22-8-7-14-31-22)17-20-15-19-10-11-21(30-2)16-23(19)26-25(20)27-12-5-6-13-27/h3,10-11,15-16,22H,1,4-9,12-14,17-18H2,2H3/p+1. The van der Waals surface area contributed by atoms with E-state index >= 15 is 0 Å². The highest BCUT2D eigenvalue weighted by molar-refractivity contribution is 5.80. The molecule has 0 bridgehead atoms. The molecule has 1 amide bonds. The third-order valence-electron chi connectivity index (χ3n) is 6.29. The van der Waals surface area contributed by atoms with Crippen LogP contribution < -0.4 is 14.6 Å². The number of aromatic amines is 1. The number of anilines is 1. The van der Waals surface area contributed by atoms with Gasteiger partial charge >= 0.3 is 0 Å². The molecule has 4 rings (SSSR count). The molecule has 2 aliphatic rings. The monoisotopic (exact) mass is 424 g/mol. The number of rotatable bonds is 9. The molecular formula is C25H34N3O3+. The summed E-state index contributed by atoms with van der Waals surface area (Å²) in [4.78, 5) is 21.1. The predicted octanol–water partition coefficient (Wildman–Crippen LogP) is 3.74. The topological polar surface area (TPSA) is 56.2 Å². The third kappa shape index (κ3) is 5.18. The van der Waals surface area contributed by atoms with E-state index in [4.69, 9.17) is 9.47 Å². The molecule has 6 nitrogen and oxygen atoms in total. The number of amides is 1. The normalized spacial score (nSPS) is 18.5. The van der Waals surface area contributed by atoms with E-state index in [2.05, 4.69) is 28.6 Å². The number of carbonyl (C=O) groups is 1. The number of allylic oxidation sites excluding steroid dienone is 1. The van der Waals surface area contributed by atoms with E-state index in [1.54, 1.807) is 7.11 Å². The van der Waals surface area contributed by atoms with Gasteiger partial charge in [0.2, 0.25) is 5.91 Å². The molecule has 2 aromatic rings. The van der Waals surface area contributed by atoms with Crippen molar-refractivity contribution in [1.29, 1.82) is 0 Å². The van der Waals surface area contributed by atoms with Gasteiger partial charge in [0.15, 0.2) is 0 Å². The second-order valence-corrected chi connectivity index (χ2v) is 8.53. The van der Waals surface area contributed by atoms with Crippen molar-refractivity contribution in [1.82, 2.24) is 4.90 Å². The van der Waals surface area contributed by atoms with Gasteiger partial charge in [0.1, 0.15) is 11.3 Å². The van der Waals surface area contributed by atoms with Crippen molar-refractivity contribution in [3.05, 3.63) is 42.5 Å². The van der Waals surface area contributed by atoms with E-state index in [1.165, 1.54) is 12.8 Å². The molecule has 1 aromatic heterocycles. The molecule has 166 valence electrons. The summed E-state index contributed by atoms with van der Waals surface area (Å²) in [5.74, 6) is 2.12. The van der Waals surface area contributed by atoms with Gasteiger partial charge in [-0.25, -0.2) is 4.98 Å². The van der Waals surface area contributed by atoms with E-state index in [9.17, 15) is 4.79 Å². The van der Waals surface area contributed by atoms with Crippen LogP contribution in [-0.4, -0.2) is 50.3 Å². The summed E-state index contributed by atoms with van der Waals surface area (Å²) >= 11 is 0. The number of nitrogens with zero attached hydrogens (tertiary/aromatic N) is 2. The Morgan fingerprint density at radius 3 is 2.87 bits per heavy atom. The van der Waals surface area contributed by atoms with Crippen LogP contribution in [0.2, 0.25) is 0 Å². The van der Waals surface area contributed by atoms with Crippen molar-refractivity contribution in [2.24, 2.45) is 0 Å². The zero-order valence-electron chi connectivity index (χ0n) is 18.6. The highest BCUT2D eigenvalue weighted by Gasteiger charge is 2.28. The molecule has 6 heteroatoms. The number of benzene rings is 1. The van der Waals surface area contributed by atoms with E-state index in [1.807, 2.05) is 23.1 Å². The molecular weight excluding hydrogens is 390 g/mol. The molecule has 0 aliphatic carbocycles. The van der Waals surface area contributed by atoms with Gasteiger partial charge in [0.25, 0.3) is 5.82 Å². The maximum absolute atomic E-state index is 13.1. The summed E-state index contributed by atoms with van der Waals surface area (Å²) in [6.45, 7) is 7.88. The zero-order valence-corrected chi connectivity index (χ0v) is 18.6. The van der Waals surface area contributed by atoms with Gasteiger partial charge in [-0.3, -0.25) is 9.69 Å². The maximum Gasteiger partial charge on any atom is 0.279 e. The average molecular weight is 425 g/mol. The number of aromatic nitrogens is 1. The number of nitrogens with one attached hydrogen (secondary N) is 1. The predicted molar refractivity (Wildman–Crippen MR) is 122 cm³/mol. The van der Waals surface area contributed by atoms with E-state index in [0.717, 1.165) is 60.6 Å². The Morgan fingerprint density at radius 1 is 1.32 bits per heavy atom. The van der Waals surface area contributed by atoms with E-state index < -0.39 is 0 Å². The zero-order chi connectivity index (χ0) is 21.6. The second-order valence-electron chi connectivity index (χ2n) is 8.53. The quantitative estimate of drug-likeness (QED) is 0.576. The fourth-order valence-corrected chi connectivity index (χ4v) is 4.58. The number of hydrogen-bond donors (Lipinski definition) is 0. The van der Waals surface area contributed by atoms with Crippen molar-refractivity contribution in [2.45, 2.75) is 51.2 Å². The average Bonchev–Trinajstić information content (AvgIpc) is 3.50. The van der Waals surface area contributed by atoms with Gasteiger partial charge < -0.3 is 14.4 Å². The summed E-state index contributed by atoms with van der Waals surface area (Å²) in [5, 5.41) is 1.12. The number of ether oxygens (including phenoxy) is 2. The molecule has 2 saturated heterocycles. The number of fused-ring (bicyclic) bond motifs is 1. The van der Waals surface area contributed by atoms with Crippen LogP contribution in [0.1, 0.15) is 44.1 Å². The van der Waals surface area contributed by atoms with Crippen LogP contribution in [0.5, 0.6) is 5.75 Å². The lowest BCUT2D eigenvalue weighted by atomic mass is 10.1. The Morgan fingerprint density at radius 2 is 2.16 bits per heavy atom. The van der Waals surface area contributed by atoms with E-state index in [0.29, 0.717) is 25.9 Å². The van der Waals surface area contributed by atoms with Crippen LogP contribution in [0.3, 0.4) is 0 Å². The van der Waals surface area contributed by atoms with Crippen LogP contribution in [0.25, 0.3) is 10.9 Å². The van der Waals surface area contributed by atoms with Crippen molar-refractivity contribution in [3.8, 4) is 5.75 Å². The Balaban J connectivity index is 1.67. The molecule has 0 spiro atoms.